The van der Waals surface area contributed by atoms with Gasteiger partial charge in [0.1, 0.15) is 17.5 Å². The van der Waals surface area contributed by atoms with Gasteiger partial charge in [-0.2, -0.15) is 5.26 Å². The van der Waals surface area contributed by atoms with Crippen molar-refractivity contribution in [3.63, 3.8) is 0 Å². The number of nitrogen functional groups attached to an aromatic ring is 1. The van der Waals surface area contributed by atoms with Crippen molar-refractivity contribution in [2.75, 3.05) is 10.7 Å². The van der Waals surface area contributed by atoms with Crippen LogP contribution in [0.25, 0.3) is 0 Å². The highest BCUT2D eigenvalue weighted by Crippen LogP contribution is 2.39. The largest absolute Gasteiger partial charge is 0.340 e. The second-order valence-corrected chi connectivity index (χ2v) is 5.14. The van der Waals surface area contributed by atoms with E-state index in [0.29, 0.717) is 17.3 Å². The summed E-state index contributed by atoms with van der Waals surface area (Å²) in [6.45, 7) is 1.91. The number of hydrogen-bond acceptors (Lipinski definition) is 6. The van der Waals surface area contributed by atoms with Gasteiger partial charge >= 0.3 is 0 Å². The zero-order valence-electron chi connectivity index (χ0n) is 11.7. The Morgan fingerprint density at radius 1 is 1.19 bits per heavy atom. The van der Waals surface area contributed by atoms with E-state index in [1.54, 1.807) is 12.1 Å². The summed E-state index contributed by atoms with van der Waals surface area (Å²) in [5.74, 6) is 8.19. The first-order valence-corrected chi connectivity index (χ1v) is 6.83. The Labute approximate surface area is 123 Å². The van der Waals surface area contributed by atoms with Gasteiger partial charge in [-0.3, -0.25) is 0 Å². The molecular weight excluding hydrogens is 264 g/mol. The number of hydrazine groups is 1. The quantitative estimate of drug-likeness (QED) is 0.588. The van der Waals surface area contributed by atoms with Crippen molar-refractivity contribution in [2.24, 2.45) is 5.84 Å². The zero-order chi connectivity index (χ0) is 14.8. The first-order chi connectivity index (χ1) is 10.2. The van der Waals surface area contributed by atoms with Crippen LogP contribution in [0.15, 0.2) is 24.3 Å². The second-order valence-electron chi connectivity index (χ2n) is 5.14. The fourth-order valence-corrected chi connectivity index (χ4v) is 2.09. The Morgan fingerprint density at radius 3 is 2.43 bits per heavy atom. The van der Waals surface area contributed by atoms with Gasteiger partial charge in [0, 0.05) is 17.2 Å². The molecule has 106 valence electrons. The van der Waals surface area contributed by atoms with Crippen LogP contribution in [0.4, 0.5) is 17.3 Å². The maximum absolute atomic E-state index is 8.82. The lowest BCUT2D eigenvalue weighted by Crippen LogP contribution is -2.13. The monoisotopic (exact) mass is 280 g/mol. The maximum Gasteiger partial charge on any atom is 0.148 e. The van der Waals surface area contributed by atoms with Gasteiger partial charge in [-0.15, -0.1) is 0 Å². The molecule has 0 unspecified atom stereocenters. The molecule has 0 saturated heterocycles. The molecule has 0 aliphatic heterocycles. The Morgan fingerprint density at radius 2 is 1.86 bits per heavy atom. The van der Waals surface area contributed by atoms with Gasteiger partial charge in [0.2, 0.25) is 0 Å². The Bertz CT molecular complexity index is 697. The highest BCUT2D eigenvalue weighted by molar-refractivity contribution is 5.65. The molecule has 6 heteroatoms. The third-order valence-corrected chi connectivity index (χ3v) is 3.52. The zero-order valence-corrected chi connectivity index (χ0v) is 11.7. The first kappa shape index (κ1) is 13.3. The summed E-state index contributed by atoms with van der Waals surface area (Å²) >= 11 is 0. The summed E-state index contributed by atoms with van der Waals surface area (Å²) in [5.41, 5.74) is 5.00. The molecule has 3 rings (SSSR count). The highest BCUT2D eigenvalue weighted by atomic mass is 15.3. The fraction of sp³-hybridized carbons (Fsp3) is 0.267. The first-order valence-electron chi connectivity index (χ1n) is 6.83. The van der Waals surface area contributed by atoms with E-state index in [2.05, 4.69) is 26.8 Å². The number of nitriles is 1. The Balaban J connectivity index is 1.92. The minimum atomic E-state index is 0.444. The minimum Gasteiger partial charge on any atom is -0.340 e. The molecule has 0 radical (unpaired) electrons. The summed E-state index contributed by atoms with van der Waals surface area (Å²) < 4.78 is 0. The van der Waals surface area contributed by atoms with E-state index in [1.807, 2.05) is 19.1 Å². The smallest absolute Gasteiger partial charge is 0.148 e. The lowest BCUT2D eigenvalue weighted by Gasteiger charge is -2.13. The van der Waals surface area contributed by atoms with Gasteiger partial charge in [-0.25, -0.2) is 15.8 Å². The van der Waals surface area contributed by atoms with Crippen molar-refractivity contribution < 1.29 is 0 Å². The number of rotatable bonds is 4. The molecule has 6 nitrogen and oxygen atoms in total. The normalized spacial score (nSPS) is 13.6. The van der Waals surface area contributed by atoms with Crippen molar-refractivity contribution in [1.82, 2.24) is 9.97 Å². The van der Waals surface area contributed by atoms with Crippen molar-refractivity contribution in [3.05, 3.63) is 41.2 Å². The molecule has 1 aliphatic carbocycles. The van der Waals surface area contributed by atoms with Crippen molar-refractivity contribution in [1.29, 1.82) is 5.26 Å². The van der Waals surface area contributed by atoms with Crippen LogP contribution >= 0.6 is 0 Å². The predicted octanol–water partition coefficient (Wildman–Crippen LogP) is 2.56. The second kappa shape index (κ2) is 5.38. The van der Waals surface area contributed by atoms with Gasteiger partial charge in [0.05, 0.1) is 11.6 Å². The number of benzene rings is 1. The summed E-state index contributed by atoms with van der Waals surface area (Å²) in [7, 11) is 0. The molecule has 1 aromatic heterocycles. The van der Waals surface area contributed by atoms with E-state index >= 15 is 0 Å². The standard InChI is InChI=1S/C15H16N6/c1-9-13(18-12-6-2-10(8-16)3-7-12)19-15(11-4-5-11)20-14(9)21-17/h2-3,6-7,11H,4-5,17H2,1H3,(H2,18,19,20,21). The predicted molar refractivity (Wildman–Crippen MR) is 81.0 cm³/mol. The summed E-state index contributed by atoms with van der Waals surface area (Å²) in [5, 5.41) is 12.1. The van der Waals surface area contributed by atoms with Crippen LogP contribution in [0.3, 0.4) is 0 Å². The maximum atomic E-state index is 8.82. The van der Waals surface area contributed by atoms with Gasteiger partial charge in [0.25, 0.3) is 0 Å². The van der Waals surface area contributed by atoms with Gasteiger partial charge in [-0.1, -0.05) is 0 Å². The number of aromatic nitrogens is 2. The molecule has 1 aliphatic rings. The van der Waals surface area contributed by atoms with Crippen LogP contribution in [0.5, 0.6) is 0 Å². The molecule has 1 heterocycles. The van der Waals surface area contributed by atoms with Crippen LogP contribution in [0.1, 0.15) is 35.7 Å². The molecule has 2 aromatic rings. The third kappa shape index (κ3) is 2.78. The summed E-state index contributed by atoms with van der Waals surface area (Å²) in [4.78, 5) is 9.05. The molecule has 4 N–H and O–H groups in total. The molecule has 1 fully saturated rings. The van der Waals surface area contributed by atoms with Crippen LogP contribution < -0.4 is 16.6 Å². The lowest BCUT2D eigenvalue weighted by molar-refractivity contribution is 0.920. The average molecular weight is 280 g/mol. The Hall–Kier alpha value is -2.65. The molecule has 1 aromatic carbocycles. The number of nitrogens with one attached hydrogen (secondary N) is 2. The van der Waals surface area contributed by atoms with Crippen molar-refractivity contribution in [2.45, 2.75) is 25.7 Å². The molecular formula is C15H16N6. The van der Waals surface area contributed by atoms with Crippen LogP contribution in [0.2, 0.25) is 0 Å². The number of hydrogen-bond donors (Lipinski definition) is 3. The van der Waals surface area contributed by atoms with Crippen LogP contribution in [-0.4, -0.2) is 9.97 Å². The van der Waals surface area contributed by atoms with E-state index in [9.17, 15) is 0 Å². The number of nitrogens with two attached hydrogens (primary N) is 1. The number of nitrogens with zero attached hydrogens (tertiary/aromatic N) is 3. The molecule has 0 spiro atoms. The van der Waals surface area contributed by atoms with Gasteiger partial charge in [0.15, 0.2) is 0 Å². The summed E-state index contributed by atoms with van der Waals surface area (Å²) in [6.07, 6.45) is 2.26. The Kier molecular flexibility index (Phi) is 3.42. The van der Waals surface area contributed by atoms with Crippen molar-refractivity contribution in [3.8, 4) is 6.07 Å². The molecule has 0 amide bonds. The minimum absolute atomic E-state index is 0.444. The SMILES string of the molecule is Cc1c(NN)nc(C2CC2)nc1Nc1ccc(C#N)cc1. The third-order valence-electron chi connectivity index (χ3n) is 3.52. The van der Waals surface area contributed by atoms with Crippen LogP contribution in [0, 0.1) is 18.3 Å². The van der Waals surface area contributed by atoms with E-state index < -0.39 is 0 Å². The van der Waals surface area contributed by atoms with E-state index in [-0.39, 0.29) is 0 Å². The molecule has 0 atom stereocenters. The van der Waals surface area contributed by atoms with Crippen LogP contribution in [-0.2, 0) is 0 Å². The summed E-state index contributed by atoms with van der Waals surface area (Å²) in [6, 6.07) is 9.34. The van der Waals surface area contributed by atoms with E-state index in [4.69, 9.17) is 11.1 Å². The highest BCUT2D eigenvalue weighted by Gasteiger charge is 2.28. The van der Waals surface area contributed by atoms with Crippen molar-refractivity contribution >= 4 is 17.3 Å². The topological polar surface area (TPSA) is 99.7 Å². The molecule has 0 bridgehead atoms. The molecule has 21 heavy (non-hydrogen) atoms. The van der Waals surface area contributed by atoms with Gasteiger partial charge < -0.3 is 10.7 Å². The number of anilines is 3. The molecule has 1 saturated carbocycles. The van der Waals surface area contributed by atoms with E-state index in [1.165, 1.54) is 0 Å². The van der Waals surface area contributed by atoms with E-state index in [0.717, 1.165) is 35.7 Å². The van der Waals surface area contributed by atoms with Gasteiger partial charge in [-0.05, 0) is 44.0 Å². The lowest BCUT2D eigenvalue weighted by atomic mass is 10.2. The average Bonchev–Trinajstić information content (AvgIpc) is 3.35. The fourth-order valence-electron chi connectivity index (χ4n) is 2.09.